The number of imidazole rings is 1. The molecule has 0 radical (unpaired) electrons. The molecular weight excluding hydrogens is 372 g/mol. The second-order valence-corrected chi connectivity index (χ2v) is 8.22. The fraction of sp³-hybridized carbons (Fsp3) is 0.333. The number of nitrogens with one attached hydrogen (secondary N) is 2. The minimum atomic E-state index is 0.406. The van der Waals surface area contributed by atoms with E-state index in [0.29, 0.717) is 17.7 Å². The number of allylic oxidation sites excluding steroid dienone is 1. The van der Waals surface area contributed by atoms with E-state index in [1.165, 1.54) is 11.1 Å². The molecule has 1 saturated carbocycles. The van der Waals surface area contributed by atoms with Crippen molar-refractivity contribution < 1.29 is 0 Å². The Bertz CT molecular complexity index is 1180. The van der Waals surface area contributed by atoms with E-state index in [9.17, 15) is 0 Å². The van der Waals surface area contributed by atoms with E-state index in [0.717, 1.165) is 60.5 Å². The average Bonchev–Trinajstić information content (AvgIpc) is 3.36. The highest BCUT2D eigenvalue weighted by molar-refractivity contribution is 5.91. The first-order chi connectivity index (χ1) is 14.7. The van der Waals surface area contributed by atoms with Crippen molar-refractivity contribution in [3.63, 3.8) is 0 Å². The van der Waals surface area contributed by atoms with Gasteiger partial charge in [-0.25, -0.2) is 9.97 Å². The van der Waals surface area contributed by atoms with Crippen LogP contribution in [0.4, 0.5) is 5.82 Å². The fourth-order valence-corrected chi connectivity index (χ4v) is 4.84. The van der Waals surface area contributed by atoms with Crippen molar-refractivity contribution in [2.75, 3.05) is 12.3 Å². The van der Waals surface area contributed by atoms with Crippen molar-refractivity contribution in [3.05, 3.63) is 60.8 Å². The number of fused-ring (bicyclic) bond motifs is 2. The zero-order chi connectivity index (χ0) is 20.7. The van der Waals surface area contributed by atoms with Crippen LogP contribution in [0.2, 0.25) is 0 Å². The molecule has 0 aliphatic heterocycles. The van der Waals surface area contributed by atoms with Gasteiger partial charge in [0, 0.05) is 41.5 Å². The number of anilines is 1. The van der Waals surface area contributed by atoms with Crippen molar-refractivity contribution >= 4 is 22.2 Å². The smallest absolute Gasteiger partial charge is 0.150 e. The largest absolute Gasteiger partial charge is 0.389 e. The monoisotopic (exact) mass is 400 g/mol. The van der Waals surface area contributed by atoms with Crippen LogP contribution >= 0.6 is 0 Å². The molecule has 1 aromatic carbocycles. The van der Waals surface area contributed by atoms with Gasteiger partial charge < -0.3 is 16.0 Å². The van der Waals surface area contributed by atoms with Crippen molar-refractivity contribution in [2.45, 2.75) is 38.5 Å². The fourth-order valence-electron chi connectivity index (χ4n) is 4.84. The normalized spacial score (nSPS) is 19.4. The molecule has 154 valence electrons. The first-order valence-corrected chi connectivity index (χ1v) is 10.8. The van der Waals surface area contributed by atoms with Gasteiger partial charge in [-0.3, -0.25) is 4.40 Å². The Morgan fingerprint density at radius 2 is 2.07 bits per heavy atom. The molecule has 0 unspecified atom stereocenters. The molecule has 0 bridgehead atoms. The standard InChI is InChI=1S/C24H28N6/c1-3-26-15(2)16-8-10-17(11-9-16)24-29-21(22-23(25)27-12-13-30(22)24)20-14-18-6-4-5-7-19(18)28-20/h4-7,12-14,16-17,26,28H,2-3,8-11H2,1H3,(H2,25,27). The average molecular weight is 401 g/mol. The van der Waals surface area contributed by atoms with Crippen molar-refractivity contribution in [1.82, 2.24) is 24.7 Å². The van der Waals surface area contributed by atoms with Gasteiger partial charge in [-0.2, -0.15) is 0 Å². The van der Waals surface area contributed by atoms with Crippen LogP contribution in [-0.2, 0) is 0 Å². The lowest BCUT2D eigenvalue weighted by molar-refractivity contribution is 0.343. The van der Waals surface area contributed by atoms with E-state index in [4.69, 9.17) is 10.7 Å². The summed E-state index contributed by atoms with van der Waals surface area (Å²) < 4.78 is 2.15. The molecule has 1 aliphatic rings. The first kappa shape index (κ1) is 18.7. The van der Waals surface area contributed by atoms with Crippen LogP contribution in [0.15, 0.2) is 55.0 Å². The van der Waals surface area contributed by atoms with Gasteiger partial charge in [-0.05, 0) is 50.7 Å². The van der Waals surface area contributed by atoms with Gasteiger partial charge in [0.05, 0.1) is 5.69 Å². The number of aromatic amines is 1. The maximum Gasteiger partial charge on any atom is 0.150 e. The molecule has 3 heterocycles. The second-order valence-electron chi connectivity index (χ2n) is 8.22. The lowest BCUT2D eigenvalue weighted by Gasteiger charge is -2.29. The van der Waals surface area contributed by atoms with E-state index >= 15 is 0 Å². The summed E-state index contributed by atoms with van der Waals surface area (Å²) in [5.41, 5.74) is 11.3. The number of nitrogens with two attached hydrogens (primary N) is 1. The molecular formula is C24H28N6. The molecule has 5 rings (SSSR count). The SMILES string of the molecule is C=C(NCC)C1CCC(c2nc(-c3cc4ccccc4[nH]3)c3c(N)nccn23)CC1. The number of nitrogens with zero attached hydrogens (tertiary/aromatic N) is 3. The quantitative estimate of drug-likeness (QED) is 0.447. The second kappa shape index (κ2) is 7.52. The summed E-state index contributed by atoms with van der Waals surface area (Å²) in [5, 5.41) is 4.57. The number of para-hydroxylation sites is 1. The molecule has 0 saturated heterocycles. The summed E-state index contributed by atoms with van der Waals surface area (Å²) in [6.45, 7) is 7.29. The van der Waals surface area contributed by atoms with Crippen molar-refractivity contribution in [2.24, 2.45) is 5.92 Å². The number of hydrogen-bond donors (Lipinski definition) is 3. The van der Waals surface area contributed by atoms with Gasteiger partial charge in [0.25, 0.3) is 0 Å². The van der Waals surface area contributed by atoms with E-state index in [1.807, 2.05) is 18.3 Å². The van der Waals surface area contributed by atoms with Crippen LogP contribution in [0.25, 0.3) is 27.8 Å². The summed E-state index contributed by atoms with van der Waals surface area (Å²) in [7, 11) is 0. The lowest BCUT2D eigenvalue weighted by atomic mass is 9.80. The Kier molecular flexibility index (Phi) is 4.69. The number of rotatable bonds is 5. The van der Waals surface area contributed by atoms with Crippen molar-refractivity contribution in [1.29, 1.82) is 0 Å². The topological polar surface area (TPSA) is 84.0 Å². The molecule has 30 heavy (non-hydrogen) atoms. The molecule has 4 N–H and O–H groups in total. The zero-order valence-corrected chi connectivity index (χ0v) is 17.4. The van der Waals surface area contributed by atoms with E-state index < -0.39 is 0 Å². The Morgan fingerprint density at radius 1 is 1.27 bits per heavy atom. The summed E-state index contributed by atoms with van der Waals surface area (Å²) >= 11 is 0. The Morgan fingerprint density at radius 3 is 2.83 bits per heavy atom. The third kappa shape index (κ3) is 3.12. The number of nitrogen functional groups attached to an aromatic ring is 1. The van der Waals surface area contributed by atoms with E-state index in [-0.39, 0.29) is 0 Å². The van der Waals surface area contributed by atoms with Crippen LogP contribution in [0, 0.1) is 5.92 Å². The van der Waals surface area contributed by atoms with E-state index in [1.54, 1.807) is 6.20 Å². The highest BCUT2D eigenvalue weighted by Gasteiger charge is 2.28. The molecule has 1 fully saturated rings. The summed E-state index contributed by atoms with van der Waals surface area (Å²) in [6, 6.07) is 10.4. The van der Waals surface area contributed by atoms with E-state index in [2.05, 4.69) is 51.4 Å². The van der Waals surface area contributed by atoms with Gasteiger partial charge in [0.2, 0.25) is 0 Å². The van der Waals surface area contributed by atoms with Crippen molar-refractivity contribution in [3.8, 4) is 11.4 Å². The molecule has 4 aromatic rings. The molecule has 6 heteroatoms. The van der Waals surface area contributed by atoms with Gasteiger partial charge >= 0.3 is 0 Å². The highest BCUT2D eigenvalue weighted by Crippen LogP contribution is 2.40. The molecule has 1 aliphatic carbocycles. The van der Waals surface area contributed by atoms with Crippen LogP contribution < -0.4 is 11.1 Å². The minimum absolute atomic E-state index is 0.406. The molecule has 0 amide bonds. The van der Waals surface area contributed by atoms with Gasteiger partial charge in [-0.1, -0.05) is 24.8 Å². The number of benzene rings is 1. The molecule has 6 nitrogen and oxygen atoms in total. The van der Waals surface area contributed by atoms with Gasteiger partial charge in [0.15, 0.2) is 0 Å². The van der Waals surface area contributed by atoms with Crippen LogP contribution in [0.1, 0.15) is 44.3 Å². The first-order valence-electron chi connectivity index (χ1n) is 10.8. The summed E-state index contributed by atoms with van der Waals surface area (Å²) in [5.74, 6) is 2.55. The van der Waals surface area contributed by atoms with Crippen LogP contribution in [-0.4, -0.2) is 25.9 Å². The predicted molar refractivity (Wildman–Crippen MR) is 122 cm³/mol. The Hall–Kier alpha value is -3.28. The maximum atomic E-state index is 6.32. The van der Waals surface area contributed by atoms with Crippen LogP contribution in [0.5, 0.6) is 0 Å². The summed E-state index contributed by atoms with van der Waals surface area (Å²) in [4.78, 5) is 13.0. The predicted octanol–water partition coefficient (Wildman–Crippen LogP) is 4.86. The van der Waals surface area contributed by atoms with Gasteiger partial charge in [0.1, 0.15) is 22.9 Å². The van der Waals surface area contributed by atoms with Gasteiger partial charge in [-0.15, -0.1) is 0 Å². The Balaban J connectivity index is 1.53. The number of H-pyrrole nitrogens is 1. The Labute approximate surface area is 176 Å². The maximum absolute atomic E-state index is 6.32. The van der Waals surface area contributed by atoms with Crippen LogP contribution in [0.3, 0.4) is 0 Å². The molecule has 0 spiro atoms. The zero-order valence-electron chi connectivity index (χ0n) is 17.4. The third-order valence-corrected chi connectivity index (χ3v) is 6.38. The third-order valence-electron chi connectivity index (χ3n) is 6.38. The number of hydrogen-bond acceptors (Lipinski definition) is 4. The molecule has 0 atom stereocenters. The highest BCUT2D eigenvalue weighted by atomic mass is 15.1. The molecule has 3 aromatic heterocycles. The number of aromatic nitrogens is 4. The minimum Gasteiger partial charge on any atom is -0.389 e. The summed E-state index contributed by atoms with van der Waals surface area (Å²) in [6.07, 6.45) is 8.22. The lowest BCUT2D eigenvalue weighted by Crippen LogP contribution is -2.23.